The van der Waals surface area contributed by atoms with E-state index in [0.717, 1.165) is 17.7 Å². The minimum atomic E-state index is -0.410. The van der Waals surface area contributed by atoms with Crippen LogP contribution in [0.25, 0.3) is 0 Å². The van der Waals surface area contributed by atoms with Gasteiger partial charge in [-0.2, -0.15) is 0 Å². The lowest BCUT2D eigenvalue weighted by molar-refractivity contribution is -0.118. The number of nitrogens with zero attached hydrogens (tertiary/aromatic N) is 1. The number of nitrogens with one attached hydrogen (secondary N) is 2. The lowest BCUT2D eigenvalue weighted by Crippen LogP contribution is -2.25. The first-order valence-electron chi connectivity index (χ1n) is 10.1. The summed E-state index contributed by atoms with van der Waals surface area (Å²) >= 11 is 7.30. The number of fused-ring (bicyclic) bond motifs is 1. The molecule has 0 aliphatic heterocycles. The van der Waals surface area contributed by atoms with E-state index >= 15 is 0 Å². The zero-order valence-electron chi connectivity index (χ0n) is 17.6. The molecule has 32 heavy (non-hydrogen) atoms. The third kappa shape index (κ3) is 4.71. The van der Waals surface area contributed by atoms with Gasteiger partial charge in [0.05, 0.1) is 31.5 Å². The Kier molecular flexibility index (Phi) is 6.62. The fourth-order valence-electron chi connectivity index (χ4n) is 3.63. The summed E-state index contributed by atoms with van der Waals surface area (Å²) < 4.78 is 10.6. The molecule has 0 fully saturated rings. The molecular weight excluding hydrogens is 450 g/mol. The number of methoxy groups -OCH3 is 2. The van der Waals surface area contributed by atoms with E-state index in [-0.39, 0.29) is 11.8 Å². The van der Waals surface area contributed by atoms with Crippen LogP contribution in [0.2, 0.25) is 5.02 Å². The molecule has 2 aromatic carbocycles. The highest BCUT2D eigenvalue weighted by atomic mass is 35.5. The summed E-state index contributed by atoms with van der Waals surface area (Å²) in [6.45, 7) is 0. The number of ether oxygens (including phenoxy) is 2. The van der Waals surface area contributed by atoms with Crippen LogP contribution in [0.1, 0.15) is 39.7 Å². The monoisotopic (exact) mass is 471 g/mol. The highest BCUT2D eigenvalue weighted by molar-refractivity contribution is 7.16. The first-order chi connectivity index (χ1) is 15.5. The molecule has 3 aromatic rings. The van der Waals surface area contributed by atoms with Crippen molar-refractivity contribution in [2.75, 3.05) is 24.9 Å². The average Bonchev–Trinajstić information content (AvgIpc) is 3.21. The summed E-state index contributed by atoms with van der Waals surface area (Å²) in [7, 11) is 3.11. The molecule has 7 nitrogen and oxygen atoms in total. The first kappa shape index (κ1) is 22.1. The van der Waals surface area contributed by atoms with Gasteiger partial charge in [0.2, 0.25) is 5.91 Å². The Bertz CT molecular complexity index is 1150. The second kappa shape index (κ2) is 9.58. The number of benzene rings is 2. The van der Waals surface area contributed by atoms with Gasteiger partial charge in [-0.25, -0.2) is 4.98 Å². The third-order valence-corrected chi connectivity index (χ3v) is 6.56. The first-order valence-corrected chi connectivity index (χ1v) is 11.3. The minimum Gasteiger partial charge on any atom is -0.497 e. The Morgan fingerprint density at radius 3 is 2.59 bits per heavy atom. The van der Waals surface area contributed by atoms with Gasteiger partial charge in [0, 0.05) is 21.5 Å². The molecule has 1 heterocycles. The highest BCUT2D eigenvalue weighted by Gasteiger charge is 2.31. The van der Waals surface area contributed by atoms with Crippen molar-refractivity contribution in [2.45, 2.75) is 25.2 Å². The molecule has 1 unspecified atom stereocenters. The van der Waals surface area contributed by atoms with Crippen LogP contribution in [0.5, 0.6) is 11.5 Å². The average molecular weight is 472 g/mol. The lowest BCUT2D eigenvalue weighted by atomic mass is 9.90. The van der Waals surface area contributed by atoms with Crippen molar-refractivity contribution in [3.8, 4) is 11.5 Å². The summed E-state index contributed by atoms with van der Waals surface area (Å²) in [4.78, 5) is 31.3. The minimum absolute atomic E-state index is 0.168. The normalized spacial score (nSPS) is 14.9. The molecule has 166 valence electrons. The van der Waals surface area contributed by atoms with Gasteiger partial charge in [0.15, 0.2) is 5.13 Å². The number of thiazole rings is 1. The SMILES string of the molecule is COc1ccc(OC)c(NC(=O)C2CCCc3sc(NC(=O)c4ccc(Cl)cc4)nc32)c1. The Morgan fingerprint density at radius 2 is 1.88 bits per heavy atom. The molecule has 0 bridgehead atoms. The van der Waals surface area contributed by atoms with Crippen LogP contribution in [-0.4, -0.2) is 31.0 Å². The zero-order valence-corrected chi connectivity index (χ0v) is 19.2. The van der Waals surface area contributed by atoms with E-state index in [1.807, 2.05) is 0 Å². The number of aromatic nitrogens is 1. The molecule has 4 rings (SSSR count). The lowest BCUT2D eigenvalue weighted by Gasteiger charge is -2.21. The smallest absolute Gasteiger partial charge is 0.257 e. The quantitative estimate of drug-likeness (QED) is 0.520. The Morgan fingerprint density at radius 1 is 1.09 bits per heavy atom. The van der Waals surface area contributed by atoms with Gasteiger partial charge < -0.3 is 14.8 Å². The molecule has 2 N–H and O–H groups in total. The third-order valence-electron chi connectivity index (χ3n) is 5.26. The van der Waals surface area contributed by atoms with Crippen molar-refractivity contribution in [3.63, 3.8) is 0 Å². The van der Waals surface area contributed by atoms with E-state index in [2.05, 4.69) is 15.6 Å². The molecule has 0 saturated heterocycles. The van der Waals surface area contributed by atoms with Crippen LogP contribution in [-0.2, 0) is 11.2 Å². The summed E-state index contributed by atoms with van der Waals surface area (Å²) in [6, 6.07) is 11.9. The fourth-order valence-corrected chi connectivity index (χ4v) is 4.82. The van der Waals surface area contributed by atoms with Gasteiger partial charge >= 0.3 is 0 Å². The second-order valence-electron chi connectivity index (χ2n) is 7.29. The van der Waals surface area contributed by atoms with Gasteiger partial charge in [0.1, 0.15) is 11.5 Å². The molecule has 0 spiro atoms. The van der Waals surface area contributed by atoms with Crippen molar-refractivity contribution >= 4 is 45.6 Å². The summed E-state index contributed by atoms with van der Waals surface area (Å²) in [5.74, 6) is 0.316. The number of carbonyl (C=O) groups is 2. The van der Waals surface area contributed by atoms with Gasteiger partial charge in [-0.05, 0) is 55.7 Å². The number of hydrogen-bond donors (Lipinski definition) is 2. The molecule has 9 heteroatoms. The van der Waals surface area contributed by atoms with E-state index in [1.54, 1.807) is 56.7 Å². The van der Waals surface area contributed by atoms with Gasteiger partial charge in [0.25, 0.3) is 5.91 Å². The van der Waals surface area contributed by atoms with Crippen molar-refractivity contribution < 1.29 is 19.1 Å². The summed E-state index contributed by atoms with van der Waals surface area (Å²) in [5, 5.41) is 6.83. The molecular formula is C23H22ClN3O4S. The number of halogens is 1. The number of hydrogen-bond acceptors (Lipinski definition) is 6. The number of anilines is 2. The van der Waals surface area contributed by atoms with E-state index in [9.17, 15) is 9.59 Å². The van der Waals surface area contributed by atoms with Crippen LogP contribution in [0.4, 0.5) is 10.8 Å². The van der Waals surface area contributed by atoms with Crippen molar-refractivity contribution in [1.29, 1.82) is 0 Å². The fraction of sp³-hybridized carbons (Fsp3) is 0.261. The molecule has 1 aliphatic rings. The molecule has 1 aliphatic carbocycles. The Balaban J connectivity index is 1.52. The van der Waals surface area contributed by atoms with Crippen molar-refractivity contribution in [3.05, 3.63) is 63.6 Å². The maximum Gasteiger partial charge on any atom is 0.257 e. The van der Waals surface area contributed by atoms with Crippen LogP contribution in [0.15, 0.2) is 42.5 Å². The predicted octanol–water partition coefficient (Wildman–Crippen LogP) is 5.12. The molecule has 2 amide bonds. The van der Waals surface area contributed by atoms with E-state index in [0.29, 0.717) is 45.0 Å². The predicted molar refractivity (Wildman–Crippen MR) is 125 cm³/mol. The standard InChI is InChI=1S/C23H22ClN3O4S/c1-30-15-10-11-18(31-2)17(12-15)25-22(29)16-4-3-5-19-20(16)26-23(32-19)27-21(28)13-6-8-14(24)9-7-13/h6-12,16H,3-5H2,1-2H3,(H,25,29)(H,26,27,28). The Hall–Kier alpha value is -3.10. The van der Waals surface area contributed by atoms with Gasteiger partial charge in [-0.1, -0.05) is 11.6 Å². The van der Waals surface area contributed by atoms with Gasteiger partial charge in [-0.3, -0.25) is 14.9 Å². The second-order valence-corrected chi connectivity index (χ2v) is 8.81. The molecule has 1 aromatic heterocycles. The zero-order chi connectivity index (χ0) is 22.7. The van der Waals surface area contributed by atoms with Crippen LogP contribution >= 0.6 is 22.9 Å². The number of rotatable bonds is 6. The van der Waals surface area contributed by atoms with Crippen molar-refractivity contribution in [1.82, 2.24) is 4.98 Å². The largest absolute Gasteiger partial charge is 0.497 e. The maximum absolute atomic E-state index is 13.1. The van der Waals surface area contributed by atoms with Crippen LogP contribution < -0.4 is 20.1 Å². The van der Waals surface area contributed by atoms with Gasteiger partial charge in [-0.15, -0.1) is 11.3 Å². The number of aryl methyl sites for hydroxylation is 1. The maximum atomic E-state index is 13.1. The van der Waals surface area contributed by atoms with E-state index in [4.69, 9.17) is 21.1 Å². The van der Waals surface area contributed by atoms with Crippen LogP contribution in [0, 0.1) is 0 Å². The molecule has 0 radical (unpaired) electrons. The van der Waals surface area contributed by atoms with Crippen molar-refractivity contribution in [2.24, 2.45) is 0 Å². The highest BCUT2D eigenvalue weighted by Crippen LogP contribution is 2.38. The summed E-state index contributed by atoms with van der Waals surface area (Å²) in [6.07, 6.45) is 2.38. The topological polar surface area (TPSA) is 89.5 Å². The van der Waals surface area contributed by atoms with E-state index < -0.39 is 5.92 Å². The van der Waals surface area contributed by atoms with Crippen LogP contribution in [0.3, 0.4) is 0 Å². The Labute approximate surface area is 194 Å². The van der Waals surface area contributed by atoms with E-state index in [1.165, 1.54) is 11.3 Å². The number of amides is 2. The molecule has 0 saturated carbocycles. The number of carbonyl (C=O) groups excluding carboxylic acids is 2. The molecule has 1 atom stereocenters. The summed E-state index contributed by atoms with van der Waals surface area (Å²) in [5.41, 5.74) is 1.74.